The molecule has 0 spiro atoms. The molecule has 3 N–H and O–H groups in total. The maximum absolute atomic E-state index is 12.5. The van der Waals surface area contributed by atoms with Crippen molar-refractivity contribution in [2.24, 2.45) is 5.73 Å². The number of carbonyl (C=O) groups excluding carboxylic acids is 2. The van der Waals surface area contributed by atoms with E-state index < -0.39 is 11.8 Å². The number of halogens is 1. The molecule has 2 aromatic rings. The quantitative estimate of drug-likeness (QED) is 0.616. The summed E-state index contributed by atoms with van der Waals surface area (Å²) in [5, 5.41) is 13.0. The zero-order valence-corrected chi connectivity index (χ0v) is 15.4. The molecule has 0 fully saturated rings. The molecule has 132 valence electrons. The molecule has 0 radical (unpaired) electrons. The molecule has 0 atom stereocenters. The molecule has 3 rings (SSSR count). The van der Waals surface area contributed by atoms with Crippen LogP contribution in [0.5, 0.6) is 0 Å². The molecule has 5 nitrogen and oxygen atoms in total. The second-order valence-corrected chi connectivity index (χ2v) is 7.50. The van der Waals surface area contributed by atoms with Crippen LogP contribution in [0.3, 0.4) is 0 Å². The molecule has 1 heterocycles. The van der Waals surface area contributed by atoms with Crippen LogP contribution in [0.1, 0.15) is 39.2 Å². The summed E-state index contributed by atoms with van der Waals surface area (Å²) in [5.74, 6) is -1.12. The number of hydrogen-bond acceptors (Lipinski definition) is 4. The number of nitrogens with zero attached hydrogens (tertiary/aromatic N) is 1. The van der Waals surface area contributed by atoms with E-state index in [0.717, 1.165) is 36.1 Å². The van der Waals surface area contributed by atoms with E-state index in [1.807, 2.05) is 6.07 Å². The Bertz CT molecular complexity index is 939. The number of primary amides is 1. The number of amides is 2. The summed E-state index contributed by atoms with van der Waals surface area (Å²) in [7, 11) is 0. The van der Waals surface area contributed by atoms with Crippen molar-refractivity contribution in [1.29, 1.82) is 5.26 Å². The standard InChI is InChI=1S/C19H16ClN3O2S/c20-13-7-5-11(6-8-13)9-12(10-21)18(25)23-19-16(17(22)24)14-3-1-2-4-15(14)26-19/h5-9H,1-4H2,(H2,22,24)(H,23,25). The van der Waals surface area contributed by atoms with Gasteiger partial charge < -0.3 is 11.1 Å². The number of nitrogens with two attached hydrogens (primary N) is 1. The lowest BCUT2D eigenvalue weighted by Crippen LogP contribution is -2.19. The van der Waals surface area contributed by atoms with Crippen molar-refractivity contribution < 1.29 is 9.59 Å². The SMILES string of the molecule is N#CC(=Cc1ccc(Cl)cc1)C(=O)Nc1sc2c(c1C(N)=O)CCCC2. The van der Waals surface area contributed by atoms with Gasteiger partial charge in [-0.1, -0.05) is 23.7 Å². The van der Waals surface area contributed by atoms with Gasteiger partial charge in [0.1, 0.15) is 16.6 Å². The highest BCUT2D eigenvalue weighted by molar-refractivity contribution is 7.17. The Hall–Kier alpha value is -2.62. The van der Waals surface area contributed by atoms with Crippen molar-refractivity contribution in [3.05, 3.63) is 56.4 Å². The molecular weight excluding hydrogens is 370 g/mol. The van der Waals surface area contributed by atoms with Gasteiger partial charge in [0.15, 0.2) is 0 Å². The Morgan fingerprint density at radius 3 is 2.58 bits per heavy atom. The van der Waals surface area contributed by atoms with Gasteiger partial charge in [-0.3, -0.25) is 9.59 Å². The van der Waals surface area contributed by atoms with Gasteiger partial charge in [0, 0.05) is 9.90 Å². The van der Waals surface area contributed by atoms with Gasteiger partial charge in [-0.25, -0.2) is 0 Å². The summed E-state index contributed by atoms with van der Waals surface area (Å²) in [6, 6.07) is 8.69. The molecule has 7 heteroatoms. The number of thiophene rings is 1. The number of benzene rings is 1. The second-order valence-electron chi connectivity index (χ2n) is 5.95. The molecule has 0 saturated carbocycles. The Kier molecular flexibility index (Phi) is 5.40. The minimum absolute atomic E-state index is 0.0610. The molecule has 1 aromatic heterocycles. The number of aryl methyl sites for hydroxylation is 1. The Morgan fingerprint density at radius 1 is 1.23 bits per heavy atom. The fraction of sp³-hybridized carbons (Fsp3) is 0.211. The summed E-state index contributed by atoms with van der Waals surface area (Å²) in [6.45, 7) is 0. The lowest BCUT2D eigenvalue weighted by atomic mass is 9.95. The van der Waals surface area contributed by atoms with E-state index in [2.05, 4.69) is 5.32 Å². The van der Waals surface area contributed by atoms with Crippen LogP contribution in [-0.2, 0) is 17.6 Å². The maximum Gasteiger partial charge on any atom is 0.266 e. The normalized spacial score (nSPS) is 13.6. The number of nitriles is 1. The van der Waals surface area contributed by atoms with Crippen LogP contribution in [0.2, 0.25) is 5.02 Å². The molecule has 2 amide bonds. The van der Waals surface area contributed by atoms with E-state index in [-0.39, 0.29) is 5.57 Å². The average molecular weight is 386 g/mol. The lowest BCUT2D eigenvalue weighted by Gasteiger charge is -2.11. The van der Waals surface area contributed by atoms with Gasteiger partial charge in [0.25, 0.3) is 11.8 Å². The van der Waals surface area contributed by atoms with Gasteiger partial charge in [0.2, 0.25) is 0 Å². The Balaban J connectivity index is 1.89. The highest BCUT2D eigenvalue weighted by Crippen LogP contribution is 2.38. The van der Waals surface area contributed by atoms with Crippen LogP contribution in [0.15, 0.2) is 29.8 Å². The van der Waals surface area contributed by atoms with Gasteiger partial charge >= 0.3 is 0 Å². The molecule has 1 aliphatic carbocycles. The van der Waals surface area contributed by atoms with Crippen LogP contribution in [-0.4, -0.2) is 11.8 Å². The molecule has 26 heavy (non-hydrogen) atoms. The number of anilines is 1. The van der Waals surface area contributed by atoms with Crippen molar-refractivity contribution >= 4 is 45.8 Å². The summed E-state index contributed by atoms with van der Waals surface area (Å²) < 4.78 is 0. The van der Waals surface area contributed by atoms with Crippen molar-refractivity contribution in [2.45, 2.75) is 25.7 Å². The van der Waals surface area contributed by atoms with Crippen LogP contribution in [0.4, 0.5) is 5.00 Å². The van der Waals surface area contributed by atoms with Gasteiger partial charge in [-0.15, -0.1) is 11.3 Å². The van der Waals surface area contributed by atoms with Gasteiger partial charge in [0.05, 0.1) is 5.56 Å². The third kappa shape index (κ3) is 3.79. The monoisotopic (exact) mass is 385 g/mol. The van der Waals surface area contributed by atoms with E-state index >= 15 is 0 Å². The number of fused-ring (bicyclic) bond motifs is 1. The van der Waals surface area contributed by atoms with Gasteiger partial charge in [-0.05, 0) is 55.0 Å². The fourth-order valence-corrected chi connectivity index (χ4v) is 4.38. The number of carbonyl (C=O) groups is 2. The smallest absolute Gasteiger partial charge is 0.266 e. The average Bonchev–Trinajstić information content (AvgIpc) is 2.99. The molecule has 0 saturated heterocycles. The van der Waals surface area contributed by atoms with Crippen molar-refractivity contribution in [1.82, 2.24) is 0 Å². The van der Waals surface area contributed by atoms with Crippen LogP contribution < -0.4 is 11.1 Å². The Morgan fingerprint density at radius 2 is 1.92 bits per heavy atom. The fourth-order valence-electron chi connectivity index (χ4n) is 2.96. The zero-order valence-electron chi connectivity index (χ0n) is 13.8. The summed E-state index contributed by atoms with van der Waals surface area (Å²) in [5.41, 5.74) is 7.46. The van der Waals surface area contributed by atoms with E-state index in [0.29, 0.717) is 21.2 Å². The first-order chi connectivity index (χ1) is 12.5. The van der Waals surface area contributed by atoms with Crippen molar-refractivity contribution in [2.75, 3.05) is 5.32 Å². The zero-order chi connectivity index (χ0) is 18.7. The van der Waals surface area contributed by atoms with Crippen molar-refractivity contribution in [3.63, 3.8) is 0 Å². The molecule has 0 aliphatic heterocycles. The predicted molar refractivity (Wildman–Crippen MR) is 103 cm³/mol. The Labute approximate surface area is 160 Å². The molecular formula is C19H16ClN3O2S. The summed E-state index contributed by atoms with van der Waals surface area (Å²) in [6.07, 6.45) is 5.19. The van der Waals surface area contributed by atoms with Gasteiger partial charge in [-0.2, -0.15) is 5.26 Å². The minimum Gasteiger partial charge on any atom is -0.365 e. The van der Waals surface area contributed by atoms with Crippen molar-refractivity contribution in [3.8, 4) is 6.07 Å². The second kappa shape index (κ2) is 7.73. The third-order valence-electron chi connectivity index (χ3n) is 4.19. The highest BCUT2D eigenvalue weighted by atomic mass is 35.5. The minimum atomic E-state index is -0.566. The molecule has 0 unspecified atom stereocenters. The van der Waals surface area contributed by atoms with E-state index in [9.17, 15) is 14.9 Å². The first-order valence-electron chi connectivity index (χ1n) is 8.12. The number of nitrogens with one attached hydrogen (secondary N) is 1. The number of rotatable bonds is 4. The summed E-state index contributed by atoms with van der Waals surface area (Å²) >= 11 is 7.21. The largest absolute Gasteiger partial charge is 0.365 e. The maximum atomic E-state index is 12.5. The molecule has 1 aliphatic rings. The molecule has 0 bridgehead atoms. The first-order valence-corrected chi connectivity index (χ1v) is 9.32. The number of hydrogen-bond donors (Lipinski definition) is 2. The molecule has 1 aromatic carbocycles. The topological polar surface area (TPSA) is 96.0 Å². The summed E-state index contributed by atoms with van der Waals surface area (Å²) in [4.78, 5) is 25.5. The van der Waals surface area contributed by atoms with Crippen LogP contribution in [0, 0.1) is 11.3 Å². The van der Waals surface area contributed by atoms with Crippen LogP contribution in [0.25, 0.3) is 6.08 Å². The third-order valence-corrected chi connectivity index (χ3v) is 5.65. The van der Waals surface area contributed by atoms with E-state index in [1.165, 1.54) is 17.4 Å². The highest BCUT2D eigenvalue weighted by Gasteiger charge is 2.25. The van der Waals surface area contributed by atoms with Crippen LogP contribution >= 0.6 is 22.9 Å². The first kappa shape index (κ1) is 18.2. The van der Waals surface area contributed by atoms with E-state index in [4.69, 9.17) is 17.3 Å². The van der Waals surface area contributed by atoms with E-state index in [1.54, 1.807) is 24.3 Å². The predicted octanol–water partition coefficient (Wildman–Crippen LogP) is 3.92. The lowest BCUT2D eigenvalue weighted by molar-refractivity contribution is -0.112.